The Labute approximate surface area is 151 Å². The lowest BCUT2D eigenvalue weighted by Crippen LogP contribution is -2.40. The molecule has 0 bridgehead atoms. The standard InChI is InChI=1S/C17H14BrN3O4/c1-17(12-6-8-13(9-7-12)21(24)25)15(22)20(16(23)19-17)10-11-4-2-3-5-14(11)18/h2-9H,10H2,1H3,(H,19,23)/t17-/m0/s1. The number of imide groups is 1. The number of carbonyl (C=O) groups excluding carboxylic acids is 2. The zero-order chi connectivity index (χ0) is 18.2. The summed E-state index contributed by atoms with van der Waals surface area (Å²) < 4.78 is 0.805. The van der Waals surface area contributed by atoms with E-state index in [9.17, 15) is 19.7 Å². The predicted octanol–water partition coefficient (Wildman–Crippen LogP) is 3.32. The minimum atomic E-state index is -1.26. The van der Waals surface area contributed by atoms with Crippen molar-refractivity contribution in [1.82, 2.24) is 10.2 Å². The van der Waals surface area contributed by atoms with Gasteiger partial charge in [0.05, 0.1) is 11.5 Å². The predicted molar refractivity (Wildman–Crippen MR) is 93.7 cm³/mol. The van der Waals surface area contributed by atoms with Gasteiger partial charge in [0.15, 0.2) is 0 Å². The van der Waals surface area contributed by atoms with E-state index in [1.807, 2.05) is 24.3 Å². The van der Waals surface area contributed by atoms with Crippen molar-refractivity contribution >= 4 is 33.6 Å². The number of hydrogen-bond donors (Lipinski definition) is 1. The summed E-state index contributed by atoms with van der Waals surface area (Å²) in [6, 6.07) is 12.4. The summed E-state index contributed by atoms with van der Waals surface area (Å²) in [5, 5.41) is 13.5. The second-order valence-corrected chi connectivity index (χ2v) is 6.70. The first kappa shape index (κ1) is 17.1. The van der Waals surface area contributed by atoms with E-state index < -0.39 is 22.4 Å². The Morgan fingerprint density at radius 2 is 1.80 bits per heavy atom. The van der Waals surface area contributed by atoms with Crippen LogP contribution in [0.25, 0.3) is 0 Å². The Balaban J connectivity index is 1.89. The highest BCUT2D eigenvalue weighted by molar-refractivity contribution is 9.10. The van der Waals surface area contributed by atoms with Crippen LogP contribution < -0.4 is 5.32 Å². The lowest BCUT2D eigenvalue weighted by Gasteiger charge is -2.22. The third-order valence-corrected chi connectivity index (χ3v) is 4.99. The van der Waals surface area contributed by atoms with Crippen LogP contribution >= 0.6 is 15.9 Å². The largest absolute Gasteiger partial charge is 0.325 e. The van der Waals surface area contributed by atoms with E-state index in [1.54, 1.807) is 6.92 Å². The normalized spacial score (nSPS) is 19.8. The summed E-state index contributed by atoms with van der Waals surface area (Å²) in [7, 11) is 0. The summed E-state index contributed by atoms with van der Waals surface area (Å²) in [5.41, 5.74) is -0.0350. The number of rotatable bonds is 4. The van der Waals surface area contributed by atoms with E-state index in [2.05, 4.69) is 21.2 Å². The molecule has 0 radical (unpaired) electrons. The van der Waals surface area contributed by atoms with Crippen LogP contribution in [0.2, 0.25) is 0 Å². The summed E-state index contributed by atoms with van der Waals surface area (Å²) in [6.45, 7) is 1.73. The van der Waals surface area contributed by atoms with Gasteiger partial charge in [0.2, 0.25) is 0 Å². The van der Waals surface area contributed by atoms with Crippen molar-refractivity contribution in [2.75, 3.05) is 0 Å². The number of halogens is 1. The van der Waals surface area contributed by atoms with Crippen molar-refractivity contribution in [3.63, 3.8) is 0 Å². The maximum absolute atomic E-state index is 12.9. The second kappa shape index (κ2) is 6.29. The molecule has 1 N–H and O–H groups in total. The molecule has 7 nitrogen and oxygen atoms in total. The van der Waals surface area contributed by atoms with Gasteiger partial charge in [-0.25, -0.2) is 4.79 Å². The number of carbonyl (C=O) groups is 2. The van der Waals surface area contributed by atoms with E-state index in [1.165, 1.54) is 24.3 Å². The lowest BCUT2D eigenvalue weighted by atomic mass is 9.92. The van der Waals surface area contributed by atoms with Crippen molar-refractivity contribution in [1.29, 1.82) is 0 Å². The van der Waals surface area contributed by atoms with Crippen LogP contribution in [-0.2, 0) is 16.9 Å². The first-order valence-corrected chi connectivity index (χ1v) is 8.24. The number of nitro groups is 1. The lowest BCUT2D eigenvalue weighted by molar-refractivity contribution is -0.384. The molecule has 2 aromatic rings. The molecule has 3 amide bonds. The van der Waals surface area contributed by atoms with E-state index in [0.717, 1.165) is 14.9 Å². The van der Waals surface area contributed by atoms with Crippen LogP contribution in [-0.4, -0.2) is 21.8 Å². The molecule has 1 aliphatic heterocycles. The molecule has 1 saturated heterocycles. The number of nitro benzene ring substituents is 1. The Hall–Kier alpha value is -2.74. The van der Waals surface area contributed by atoms with Gasteiger partial charge < -0.3 is 5.32 Å². The quantitative estimate of drug-likeness (QED) is 0.481. The van der Waals surface area contributed by atoms with Gasteiger partial charge in [-0.1, -0.05) is 34.1 Å². The minimum Gasteiger partial charge on any atom is -0.319 e. The molecular formula is C17H14BrN3O4. The zero-order valence-electron chi connectivity index (χ0n) is 13.2. The van der Waals surface area contributed by atoms with Gasteiger partial charge in [0, 0.05) is 16.6 Å². The van der Waals surface area contributed by atoms with E-state index >= 15 is 0 Å². The maximum Gasteiger partial charge on any atom is 0.325 e. The molecule has 3 rings (SSSR count). The smallest absolute Gasteiger partial charge is 0.319 e. The number of benzene rings is 2. The Bertz CT molecular complexity index is 868. The van der Waals surface area contributed by atoms with Crippen molar-refractivity contribution < 1.29 is 14.5 Å². The number of hydrogen-bond acceptors (Lipinski definition) is 4. The fraction of sp³-hybridized carbons (Fsp3) is 0.176. The van der Waals surface area contributed by atoms with Crippen molar-refractivity contribution in [3.8, 4) is 0 Å². The van der Waals surface area contributed by atoms with Crippen molar-refractivity contribution in [2.24, 2.45) is 0 Å². The Morgan fingerprint density at radius 1 is 1.16 bits per heavy atom. The molecule has 1 heterocycles. The first-order valence-electron chi connectivity index (χ1n) is 7.45. The average Bonchev–Trinajstić information content (AvgIpc) is 2.81. The molecule has 1 atom stereocenters. The molecule has 0 unspecified atom stereocenters. The van der Waals surface area contributed by atoms with Gasteiger partial charge in [-0.15, -0.1) is 0 Å². The summed E-state index contributed by atoms with van der Waals surface area (Å²) in [6.07, 6.45) is 0. The molecule has 0 saturated carbocycles. The number of non-ortho nitro benzene ring substituents is 1. The molecule has 1 fully saturated rings. The Morgan fingerprint density at radius 3 is 2.40 bits per heavy atom. The molecule has 25 heavy (non-hydrogen) atoms. The van der Waals surface area contributed by atoms with E-state index in [-0.39, 0.29) is 12.2 Å². The highest BCUT2D eigenvalue weighted by Gasteiger charge is 2.49. The third kappa shape index (κ3) is 3.00. The molecule has 128 valence electrons. The highest BCUT2D eigenvalue weighted by atomic mass is 79.9. The first-order chi connectivity index (χ1) is 11.8. The average molecular weight is 404 g/mol. The minimum absolute atomic E-state index is 0.0748. The van der Waals surface area contributed by atoms with Gasteiger partial charge in [-0.3, -0.25) is 19.8 Å². The van der Waals surface area contributed by atoms with Crippen LogP contribution in [0.15, 0.2) is 53.0 Å². The van der Waals surface area contributed by atoms with Gasteiger partial charge in [-0.2, -0.15) is 0 Å². The van der Waals surface area contributed by atoms with Crippen LogP contribution in [0.3, 0.4) is 0 Å². The van der Waals surface area contributed by atoms with Gasteiger partial charge in [-0.05, 0) is 36.2 Å². The molecule has 2 aromatic carbocycles. The molecule has 0 aliphatic carbocycles. The van der Waals surface area contributed by atoms with Crippen molar-refractivity contribution in [2.45, 2.75) is 19.0 Å². The third-order valence-electron chi connectivity index (χ3n) is 4.22. The van der Waals surface area contributed by atoms with Gasteiger partial charge in [0.1, 0.15) is 5.54 Å². The van der Waals surface area contributed by atoms with Crippen molar-refractivity contribution in [3.05, 3.63) is 74.2 Å². The fourth-order valence-corrected chi connectivity index (χ4v) is 3.16. The summed E-state index contributed by atoms with van der Waals surface area (Å²) >= 11 is 3.40. The number of amides is 3. The van der Waals surface area contributed by atoms with Gasteiger partial charge in [0.25, 0.3) is 11.6 Å². The number of urea groups is 1. The maximum atomic E-state index is 12.9. The monoisotopic (exact) mass is 403 g/mol. The van der Waals surface area contributed by atoms with E-state index in [0.29, 0.717) is 5.56 Å². The number of nitrogens with zero attached hydrogens (tertiary/aromatic N) is 2. The Kier molecular flexibility index (Phi) is 4.30. The highest BCUT2D eigenvalue weighted by Crippen LogP contribution is 2.31. The summed E-state index contributed by atoms with van der Waals surface area (Å²) in [5.74, 6) is -0.401. The fourth-order valence-electron chi connectivity index (χ4n) is 2.75. The topological polar surface area (TPSA) is 92.6 Å². The molecule has 8 heteroatoms. The van der Waals surface area contributed by atoms with Gasteiger partial charge >= 0.3 is 6.03 Å². The zero-order valence-corrected chi connectivity index (χ0v) is 14.8. The second-order valence-electron chi connectivity index (χ2n) is 5.84. The van der Waals surface area contributed by atoms with Crippen LogP contribution in [0.5, 0.6) is 0 Å². The SMILES string of the molecule is C[C@@]1(c2ccc([N+](=O)[O-])cc2)NC(=O)N(Cc2ccccc2Br)C1=O. The molecule has 1 aliphatic rings. The van der Waals surface area contributed by atoms with Crippen LogP contribution in [0.1, 0.15) is 18.1 Å². The van der Waals surface area contributed by atoms with Crippen LogP contribution in [0, 0.1) is 10.1 Å². The molecule has 0 aromatic heterocycles. The molecule has 0 spiro atoms. The van der Waals surface area contributed by atoms with Crippen LogP contribution in [0.4, 0.5) is 10.5 Å². The summed E-state index contributed by atoms with van der Waals surface area (Å²) in [4.78, 5) is 36.6. The molecular weight excluding hydrogens is 390 g/mol. The van der Waals surface area contributed by atoms with E-state index in [4.69, 9.17) is 0 Å². The number of nitrogens with one attached hydrogen (secondary N) is 1.